The Morgan fingerprint density at radius 1 is 1.33 bits per heavy atom. The van der Waals surface area contributed by atoms with Gasteiger partial charge in [-0.2, -0.15) is 5.10 Å². The lowest BCUT2D eigenvalue weighted by atomic mass is 10.1. The maximum absolute atomic E-state index is 13.1. The minimum Gasteiger partial charge on any atom is -0.445 e. The average Bonchev–Trinajstić information content (AvgIpc) is 3.51. The third-order valence-electron chi connectivity index (χ3n) is 5.67. The lowest BCUT2D eigenvalue weighted by Crippen LogP contribution is -2.56. The van der Waals surface area contributed by atoms with Crippen molar-refractivity contribution in [3.8, 4) is 0 Å². The van der Waals surface area contributed by atoms with Crippen LogP contribution in [0, 0.1) is 0 Å². The van der Waals surface area contributed by atoms with E-state index < -0.39 is 12.1 Å². The molecule has 2 aromatic heterocycles. The van der Waals surface area contributed by atoms with Crippen LogP contribution in [0.15, 0.2) is 30.9 Å². The largest absolute Gasteiger partial charge is 0.445 e. The number of halogens is 1. The molecule has 3 amide bonds. The van der Waals surface area contributed by atoms with E-state index in [1.54, 1.807) is 14.7 Å². The summed E-state index contributed by atoms with van der Waals surface area (Å²) in [5, 5.41) is 8.42. The van der Waals surface area contributed by atoms with Gasteiger partial charge in [0.05, 0.1) is 34.3 Å². The molecule has 2 aliphatic rings. The highest BCUT2D eigenvalue weighted by molar-refractivity contribution is 7.20. The molecule has 2 aliphatic heterocycles. The lowest BCUT2D eigenvalue weighted by Gasteiger charge is -2.42. The third kappa shape index (κ3) is 5.26. The molecule has 2 saturated heterocycles. The fourth-order valence-corrected chi connectivity index (χ4v) is 4.88. The first-order valence-electron chi connectivity index (χ1n) is 10.7. The average molecular weight is 495 g/mol. The number of aromatic nitrogens is 2. The molecular formula is C21H27ClN6O4S. The minimum atomic E-state index is -0.451. The van der Waals surface area contributed by atoms with Crippen molar-refractivity contribution in [3.63, 3.8) is 0 Å². The van der Waals surface area contributed by atoms with Crippen LogP contribution in [0.5, 0.6) is 0 Å². The van der Waals surface area contributed by atoms with E-state index in [1.807, 2.05) is 30.1 Å². The number of nitrogens with one attached hydrogen (secondary N) is 1. The van der Waals surface area contributed by atoms with Gasteiger partial charge in [0, 0.05) is 45.8 Å². The predicted molar refractivity (Wildman–Crippen MR) is 126 cm³/mol. The van der Waals surface area contributed by atoms with E-state index in [4.69, 9.17) is 21.1 Å². The Morgan fingerprint density at radius 2 is 2.12 bits per heavy atom. The van der Waals surface area contributed by atoms with Crippen LogP contribution < -0.4 is 4.90 Å². The van der Waals surface area contributed by atoms with Crippen LogP contribution in [0.2, 0.25) is 4.34 Å². The molecule has 2 fully saturated rings. The molecule has 1 atom stereocenters. The zero-order valence-corrected chi connectivity index (χ0v) is 20.0. The third-order valence-corrected chi connectivity index (χ3v) is 6.98. The zero-order valence-electron chi connectivity index (χ0n) is 18.4. The van der Waals surface area contributed by atoms with Crippen LogP contribution in [0.1, 0.15) is 11.7 Å². The van der Waals surface area contributed by atoms with Crippen molar-refractivity contribution in [2.75, 3.05) is 64.5 Å². The standard InChI is InChI=1S/C21H27ClN6O4S/c1-3-10-32-21(30)28-7-6-27(20(29)26-8-11-31-12-9-26)14-16(28)15-13-18(24-23-15)25(2)19-5-4-17(22)33-19/h3-5,13,16H,1,6-12,14H2,2H3,(H,23,24). The number of rotatable bonds is 5. The van der Waals surface area contributed by atoms with Crippen molar-refractivity contribution in [1.29, 1.82) is 0 Å². The summed E-state index contributed by atoms with van der Waals surface area (Å²) in [5.41, 5.74) is 0.717. The highest BCUT2D eigenvalue weighted by atomic mass is 35.5. The van der Waals surface area contributed by atoms with E-state index in [0.717, 1.165) is 10.7 Å². The first-order valence-corrected chi connectivity index (χ1v) is 11.9. The van der Waals surface area contributed by atoms with E-state index in [-0.39, 0.29) is 12.6 Å². The van der Waals surface area contributed by atoms with Crippen LogP contribution in [0.25, 0.3) is 0 Å². The number of H-pyrrole nitrogens is 1. The number of aromatic amines is 1. The molecule has 4 rings (SSSR count). The number of anilines is 2. The van der Waals surface area contributed by atoms with Gasteiger partial charge in [-0.15, -0.1) is 11.3 Å². The van der Waals surface area contributed by atoms with E-state index >= 15 is 0 Å². The molecule has 2 aromatic rings. The summed E-state index contributed by atoms with van der Waals surface area (Å²) in [7, 11) is 1.90. The molecule has 0 bridgehead atoms. The summed E-state index contributed by atoms with van der Waals surface area (Å²) in [4.78, 5) is 32.9. The first-order chi connectivity index (χ1) is 16.0. The number of carbonyl (C=O) groups is 2. The van der Waals surface area contributed by atoms with Gasteiger partial charge in [-0.05, 0) is 12.1 Å². The molecule has 10 nitrogen and oxygen atoms in total. The summed E-state index contributed by atoms with van der Waals surface area (Å²) in [6.45, 7) is 7.01. The SMILES string of the molecule is C=CCOC(=O)N1CCN(C(=O)N2CCOCC2)CC1c1cc(N(C)c2ccc(Cl)s2)n[nH]1. The number of hydrogen-bond acceptors (Lipinski definition) is 7. The zero-order chi connectivity index (χ0) is 23.4. The number of nitrogens with zero attached hydrogens (tertiary/aromatic N) is 5. The molecule has 33 heavy (non-hydrogen) atoms. The van der Waals surface area contributed by atoms with Gasteiger partial charge in [-0.25, -0.2) is 9.59 Å². The number of carbonyl (C=O) groups excluding carboxylic acids is 2. The molecule has 0 saturated carbocycles. The van der Waals surface area contributed by atoms with E-state index in [1.165, 1.54) is 17.4 Å². The van der Waals surface area contributed by atoms with Crippen LogP contribution in [0.4, 0.5) is 20.4 Å². The van der Waals surface area contributed by atoms with Crippen molar-refractivity contribution in [1.82, 2.24) is 24.9 Å². The highest BCUT2D eigenvalue weighted by Gasteiger charge is 2.37. The fourth-order valence-electron chi connectivity index (χ4n) is 3.88. The fraction of sp³-hybridized carbons (Fsp3) is 0.476. The molecule has 0 radical (unpaired) electrons. The summed E-state index contributed by atoms with van der Waals surface area (Å²) < 4.78 is 11.4. The van der Waals surface area contributed by atoms with E-state index in [0.29, 0.717) is 56.1 Å². The molecule has 178 valence electrons. The molecule has 0 spiro atoms. The number of thiophene rings is 1. The number of piperazine rings is 1. The maximum atomic E-state index is 13.1. The van der Waals surface area contributed by atoms with Gasteiger partial charge in [0.2, 0.25) is 0 Å². The van der Waals surface area contributed by atoms with Crippen molar-refractivity contribution in [3.05, 3.63) is 40.9 Å². The normalized spacial score (nSPS) is 18.8. The van der Waals surface area contributed by atoms with Crippen molar-refractivity contribution < 1.29 is 19.1 Å². The topological polar surface area (TPSA) is 94.2 Å². The van der Waals surface area contributed by atoms with Crippen LogP contribution in [-0.2, 0) is 9.47 Å². The first kappa shape index (κ1) is 23.4. The molecule has 12 heteroatoms. The van der Waals surface area contributed by atoms with E-state index in [9.17, 15) is 9.59 Å². The summed E-state index contributed by atoms with van der Waals surface area (Å²) in [6.07, 6.45) is 1.08. The Labute approximate surface area is 201 Å². The van der Waals surface area contributed by atoms with Crippen molar-refractivity contribution in [2.24, 2.45) is 0 Å². The van der Waals surface area contributed by atoms with Gasteiger partial charge in [-0.3, -0.25) is 10.00 Å². The number of urea groups is 1. The van der Waals surface area contributed by atoms with Crippen molar-refractivity contribution >= 4 is 45.9 Å². The van der Waals surface area contributed by atoms with Gasteiger partial charge in [0.1, 0.15) is 6.61 Å². The summed E-state index contributed by atoms with van der Waals surface area (Å²) >= 11 is 7.52. The lowest BCUT2D eigenvalue weighted by molar-refractivity contribution is 0.0265. The quantitative estimate of drug-likeness (QED) is 0.641. The van der Waals surface area contributed by atoms with Gasteiger partial charge < -0.3 is 24.2 Å². The second kappa shape index (κ2) is 10.4. The van der Waals surface area contributed by atoms with Gasteiger partial charge in [-0.1, -0.05) is 24.3 Å². The minimum absolute atomic E-state index is 0.0486. The van der Waals surface area contributed by atoms with Crippen LogP contribution >= 0.6 is 22.9 Å². The smallest absolute Gasteiger partial charge is 0.410 e. The Kier molecular flexibility index (Phi) is 7.41. The Bertz CT molecular complexity index is 991. The molecule has 0 aromatic carbocycles. The van der Waals surface area contributed by atoms with Crippen LogP contribution in [0.3, 0.4) is 0 Å². The second-order valence-corrected chi connectivity index (χ2v) is 9.41. The van der Waals surface area contributed by atoms with Gasteiger partial charge in [0.15, 0.2) is 5.82 Å². The van der Waals surface area contributed by atoms with Crippen molar-refractivity contribution in [2.45, 2.75) is 6.04 Å². The number of morpholine rings is 1. The Hall–Kier alpha value is -2.76. The van der Waals surface area contributed by atoms with E-state index in [2.05, 4.69) is 16.8 Å². The molecule has 0 aliphatic carbocycles. The summed E-state index contributed by atoms with van der Waals surface area (Å²) in [5.74, 6) is 0.680. The molecule has 1 unspecified atom stereocenters. The molecule has 4 heterocycles. The molecular weight excluding hydrogens is 468 g/mol. The van der Waals surface area contributed by atoms with Crippen LogP contribution in [-0.4, -0.2) is 96.6 Å². The molecule has 1 N–H and O–H groups in total. The number of amides is 3. The van der Waals surface area contributed by atoms with Gasteiger partial charge in [0.25, 0.3) is 0 Å². The van der Waals surface area contributed by atoms with Gasteiger partial charge >= 0.3 is 12.1 Å². The predicted octanol–water partition coefficient (Wildman–Crippen LogP) is 3.33. The summed E-state index contributed by atoms with van der Waals surface area (Å²) in [6, 6.07) is 5.16. The Morgan fingerprint density at radius 3 is 2.82 bits per heavy atom. The monoisotopic (exact) mass is 494 g/mol. The number of hydrogen-bond donors (Lipinski definition) is 1. The highest BCUT2D eigenvalue weighted by Crippen LogP contribution is 2.34. The number of ether oxygens (including phenoxy) is 2. The second-order valence-electron chi connectivity index (χ2n) is 7.72. The Balaban J connectivity index is 1.55. The maximum Gasteiger partial charge on any atom is 0.410 e.